The molecule has 2 aromatic rings. The van der Waals surface area contributed by atoms with E-state index in [9.17, 15) is 0 Å². The van der Waals surface area contributed by atoms with Crippen molar-refractivity contribution in [1.29, 1.82) is 0 Å². The lowest BCUT2D eigenvalue weighted by Crippen LogP contribution is -2.14. The molecule has 2 aromatic heterocycles. The Morgan fingerprint density at radius 3 is 2.85 bits per heavy atom. The van der Waals surface area contributed by atoms with Gasteiger partial charge < -0.3 is 10.3 Å². The second-order valence-electron chi connectivity index (χ2n) is 5.10. The standard InChI is InChI=1S/C14H19ClN4O/c1-9(5-3-6-10(2)16)14-18-13(19-20-14)12-11(15)7-4-8-17-12/h4,7-10H,3,5-6,16H2,1-2H3. The maximum Gasteiger partial charge on any atom is 0.229 e. The summed E-state index contributed by atoms with van der Waals surface area (Å²) in [5, 5.41) is 4.47. The molecule has 0 aromatic carbocycles. The van der Waals surface area contributed by atoms with Crippen molar-refractivity contribution >= 4 is 11.6 Å². The van der Waals surface area contributed by atoms with Gasteiger partial charge in [0.1, 0.15) is 5.69 Å². The lowest BCUT2D eigenvalue weighted by molar-refractivity contribution is 0.349. The molecular weight excluding hydrogens is 276 g/mol. The van der Waals surface area contributed by atoms with E-state index in [-0.39, 0.29) is 12.0 Å². The molecule has 0 aliphatic heterocycles. The molecule has 0 aliphatic rings. The van der Waals surface area contributed by atoms with Crippen LogP contribution < -0.4 is 5.73 Å². The van der Waals surface area contributed by atoms with Gasteiger partial charge in [-0.05, 0) is 31.9 Å². The van der Waals surface area contributed by atoms with Gasteiger partial charge in [-0.2, -0.15) is 4.98 Å². The predicted octanol–water partition coefficient (Wildman–Crippen LogP) is 3.41. The molecular formula is C14H19ClN4O. The van der Waals surface area contributed by atoms with Gasteiger partial charge in [0.05, 0.1) is 5.02 Å². The number of nitrogens with zero attached hydrogens (tertiary/aromatic N) is 3. The van der Waals surface area contributed by atoms with Crippen molar-refractivity contribution in [3.05, 3.63) is 29.2 Å². The first-order valence-corrected chi connectivity index (χ1v) is 7.15. The highest BCUT2D eigenvalue weighted by atomic mass is 35.5. The van der Waals surface area contributed by atoms with Crippen LogP contribution in [0.4, 0.5) is 0 Å². The molecule has 2 heterocycles. The van der Waals surface area contributed by atoms with Gasteiger partial charge in [0, 0.05) is 18.2 Å². The summed E-state index contributed by atoms with van der Waals surface area (Å²) in [4.78, 5) is 8.56. The summed E-state index contributed by atoms with van der Waals surface area (Å²) in [6, 6.07) is 3.75. The lowest BCUT2D eigenvalue weighted by atomic mass is 10.0. The third kappa shape index (κ3) is 3.77. The highest BCUT2D eigenvalue weighted by molar-refractivity contribution is 6.32. The maximum absolute atomic E-state index is 6.07. The molecule has 20 heavy (non-hydrogen) atoms. The van der Waals surface area contributed by atoms with Crippen LogP contribution in [0.5, 0.6) is 0 Å². The second kappa shape index (κ2) is 6.81. The van der Waals surface area contributed by atoms with Crippen LogP contribution in [-0.2, 0) is 0 Å². The van der Waals surface area contributed by atoms with E-state index in [1.165, 1.54) is 0 Å². The van der Waals surface area contributed by atoms with Crippen LogP contribution in [0.25, 0.3) is 11.5 Å². The number of hydrogen-bond acceptors (Lipinski definition) is 5. The quantitative estimate of drug-likeness (QED) is 0.883. The fourth-order valence-electron chi connectivity index (χ4n) is 1.95. The maximum atomic E-state index is 6.07. The van der Waals surface area contributed by atoms with Crippen molar-refractivity contribution in [2.24, 2.45) is 5.73 Å². The Kier molecular flexibility index (Phi) is 5.09. The summed E-state index contributed by atoms with van der Waals surface area (Å²) >= 11 is 6.07. The van der Waals surface area contributed by atoms with Crippen LogP contribution in [0, 0.1) is 0 Å². The third-order valence-corrected chi connectivity index (χ3v) is 3.44. The van der Waals surface area contributed by atoms with Gasteiger partial charge >= 0.3 is 0 Å². The monoisotopic (exact) mass is 294 g/mol. The van der Waals surface area contributed by atoms with E-state index in [1.54, 1.807) is 18.3 Å². The number of halogens is 1. The largest absolute Gasteiger partial charge is 0.339 e. The molecule has 2 atom stereocenters. The zero-order valence-electron chi connectivity index (χ0n) is 11.7. The molecule has 108 valence electrons. The second-order valence-corrected chi connectivity index (χ2v) is 5.51. The Hall–Kier alpha value is -1.46. The fraction of sp³-hybridized carbons (Fsp3) is 0.500. The molecule has 5 nitrogen and oxygen atoms in total. The first-order chi connectivity index (χ1) is 9.58. The highest BCUT2D eigenvalue weighted by Crippen LogP contribution is 2.26. The molecule has 0 saturated carbocycles. The minimum Gasteiger partial charge on any atom is -0.339 e. The SMILES string of the molecule is CC(N)CCCC(C)c1nc(-c2ncccc2Cl)no1. The van der Waals surface area contributed by atoms with Crippen LogP contribution in [0.1, 0.15) is 44.9 Å². The van der Waals surface area contributed by atoms with Crippen LogP contribution in [0.3, 0.4) is 0 Å². The summed E-state index contributed by atoms with van der Waals surface area (Å²) in [5.41, 5.74) is 6.29. The first kappa shape index (κ1) is 14.9. The molecule has 0 saturated heterocycles. The number of pyridine rings is 1. The van der Waals surface area contributed by atoms with Crippen LogP contribution in [0.2, 0.25) is 5.02 Å². The van der Waals surface area contributed by atoms with E-state index in [2.05, 4.69) is 22.0 Å². The van der Waals surface area contributed by atoms with E-state index >= 15 is 0 Å². The van der Waals surface area contributed by atoms with Gasteiger partial charge in [0.25, 0.3) is 0 Å². The Balaban J connectivity index is 2.03. The van der Waals surface area contributed by atoms with Crippen molar-refractivity contribution in [2.75, 3.05) is 0 Å². The van der Waals surface area contributed by atoms with Crippen LogP contribution >= 0.6 is 11.6 Å². The molecule has 0 fully saturated rings. The zero-order valence-corrected chi connectivity index (χ0v) is 12.5. The Morgan fingerprint density at radius 1 is 1.35 bits per heavy atom. The van der Waals surface area contributed by atoms with E-state index in [4.69, 9.17) is 21.9 Å². The molecule has 0 radical (unpaired) electrons. The van der Waals surface area contributed by atoms with Crippen molar-refractivity contribution in [3.63, 3.8) is 0 Å². The summed E-state index contributed by atoms with van der Waals surface area (Å²) < 4.78 is 5.30. The van der Waals surface area contributed by atoms with Gasteiger partial charge in [0.2, 0.25) is 11.7 Å². The summed E-state index contributed by atoms with van der Waals surface area (Å²) in [6.07, 6.45) is 4.67. The number of nitrogens with two attached hydrogens (primary N) is 1. The molecule has 0 amide bonds. The van der Waals surface area contributed by atoms with Crippen molar-refractivity contribution in [2.45, 2.75) is 45.1 Å². The normalized spacial score (nSPS) is 14.2. The average Bonchev–Trinajstić information content (AvgIpc) is 2.88. The van der Waals surface area contributed by atoms with Crippen molar-refractivity contribution in [1.82, 2.24) is 15.1 Å². The summed E-state index contributed by atoms with van der Waals surface area (Å²) in [6.45, 7) is 4.08. The Morgan fingerprint density at radius 2 is 2.15 bits per heavy atom. The Labute approximate surface area is 123 Å². The first-order valence-electron chi connectivity index (χ1n) is 6.78. The van der Waals surface area contributed by atoms with E-state index in [0.29, 0.717) is 22.4 Å². The minimum absolute atomic E-state index is 0.206. The molecule has 0 bridgehead atoms. The average molecular weight is 295 g/mol. The number of aromatic nitrogens is 3. The zero-order chi connectivity index (χ0) is 14.5. The lowest BCUT2D eigenvalue weighted by Gasteiger charge is -2.07. The number of hydrogen-bond donors (Lipinski definition) is 1. The smallest absolute Gasteiger partial charge is 0.229 e. The summed E-state index contributed by atoms with van der Waals surface area (Å²) in [7, 11) is 0. The Bertz CT molecular complexity index is 556. The van der Waals surface area contributed by atoms with Crippen molar-refractivity contribution < 1.29 is 4.52 Å². The predicted molar refractivity (Wildman–Crippen MR) is 78.5 cm³/mol. The fourth-order valence-corrected chi connectivity index (χ4v) is 2.16. The highest BCUT2D eigenvalue weighted by Gasteiger charge is 2.17. The van der Waals surface area contributed by atoms with Crippen LogP contribution in [-0.4, -0.2) is 21.2 Å². The van der Waals surface area contributed by atoms with Gasteiger partial charge in [0.15, 0.2) is 0 Å². The van der Waals surface area contributed by atoms with Crippen molar-refractivity contribution in [3.8, 4) is 11.5 Å². The van der Waals surface area contributed by atoms with Gasteiger partial charge in [-0.1, -0.05) is 30.1 Å². The van der Waals surface area contributed by atoms with E-state index in [1.807, 2.05) is 6.92 Å². The van der Waals surface area contributed by atoms with Crippen LogP contribution in [0.15, 0.2) is 22.9 Å². The molecule has 2 N–H and O–H groups in total. The molecule has 0 aliphatic carbocycles. The van der Waals surface area contributed by atoms with Gasteiger partial charge in [-0.25, -0.2) is 0 Å². The summed E-state index contributed by atoms with van der Waals surface area (Å²) in [5.74, 6) is 1.26. The molecule has 2 rings (SSSR count). The van der Waals surface area contributed by atoms with Gasteiger partial charge in [-0.15, -0.1) is 0 Å². The molecule has 6 heteroatoms. The van der Waals surface area contributed by atoms with E-state index < -0.39 is 0 Å². The van der Waals surface area contributed by atoms with E-state index in [0.717, 1.165) is 19.3 Å². The third-order valence-electron chi connectivity index (χ3n) is 3.13. The van der Waals surface area contributed by atoms with Gasteiger partial charge in [-0.3, -0.25) is 4.98 Å². The molecule has 2 unspecified atom stereocenters. The number of rotatable bonds is 6. The topological polar surface area (TPSA) is 77.8 Å². The molecule has 0 spiro atoms. The minimum atomic E-state index is 0.206.